The second kappa shape index (κ2) is 11.5. The summed E-state index contributed by atoms with van der Waals surface area (Å²) >= 11 is 0. The van der Waals surface area contributed by atoms with E-state index in [4.69, 9.17) is 0 Å². The van der Waals surface area contributed by atoms with Crippen LogP contribution in [0.15, 0.2) is 121 Å². The Labute approximate surface area is 193 Å². The molecule has 162 valence electrons. The van der Waals surface area contributed by atoms with Gasteiger partial charge in [-0.2, -0.15) is 0 Å². The normalized spacial score (nSPS) is 13.2. The lowest BCUT2D eigenvalue weighted by molar-refractivity contribution is 0.0490. The fraction of sp³-hybridized carbons (Fsp3) is 0.143. The van der Waals surface area contributed by atoms with Crippen LogP contribution in [-0.4, -0.2) is 34.7 Å². The molecule has 0 heterocycles. The van der Waals surface area contributed by atoms with Crippen molar-refractivity contribution in [2.75, 3.05) is 12.3 Å². The van der Waals surface area contributed by atoms with Gasteiger partial charge >= 0.3 is 0 Å². The monoisotopic (exact) mass is 458 g/mol. The van der Waals surface area contributed by atoms with Gasteiger partial charge in [-0.05, 0) is 37.1 Å². The number of aliphatic hydroxyl groups excluding tert-OH is 2. The zero-order chi connectivity index (χ0) is 22.2. The van der Waals surface area contributed by atoms with Crippen molar-refractivity contribution in [2.45, 2.75) is 12.2 Å². The standard InChI is InChI=1S/C28H28O2P2/c29-27(21-31(23-13-5-1-6-14-23)24-15-7-2-8-16-24)28(30)22-32(25-17-9-3-10-18-25)26-19-11-4-12-20-26/h1-20,27-30H,21-22H2/t27-,28-/m1/s1. The Hall–Kier alpha value is -2.34. The van der Waals surface area contributed by atoms with Crippen LogP contribution in [0.5, 0.6) is 0 Å². The fourth-order valence-corrected chi connectivity index (χ4v) is 8.57. The van der Waals surface area contributed by atoms with Crippen LogP contribution in [0.4, 0.5) is 0 Å². The van der Waals surface area contributed by atoms with Crippen LogP contribution in [-0.2, 0) is 0 Å². The molecule has 0 unspecified atom stereocenters. The summed E-state index contributed by atoms with van der Waals surface area (Å²) in [6, 6.07) is 41.4. The van der Waals surface area contributed by atoms with E-state index in [2.05, 4.69) is 48.5 Å². The molecule has 32 heavy (non-hydrogen) atoms. The van der Waals surface area contributed by atoms with E-state index in [-0.39, 0.29) is 0 Å². The number of aliphatic hydroxyl groups is 2. The minimum Gasteiger partial charge on any atom is -0.390 e. The second-order valence-electron chi connectivity index (χ2n) is 7.70. The van der Waals surface area contributed by atoms with Crippen molar-refractivity contribution in [2.24, 2.45) is 0 Å². The van der Waals surface area contributed by atoms with E-state index in [9.17, 15) is 10.2 Å². The summed E-state index contributed by atoms with van der Waals surface area (Å²) in [6.07, 6.45) is -0.507. The molecule has 2 N–H and O–H groups in total. The van der Waals surface area contributed by atoms with Crippen LogP contribution in [0.25, 0.3) is 0 Å². The van der Waals surface area contributed by atoms with Crippen molar-refractivity contribution >= 4 is 37.1 Å². The summed E-state index contributed by atoms with van der Waals surface area (Å²) in [5, 5.41) is 27.1. The van der Waals surface area contributed by atoms with E-state index in [1.165, 1.54) is 21.2 Å². The van der Waals surface area contributed by atoms with Gasteiger partial charge in [-0.3, -0.25) is 0 Å². The third-order valence-corrected chi connectivity index (χ3v) is 10.6. The molecule has 0 fully saturated rings. The van der Waals surface area contributed by atoms with Crippen LogP contribution in [0.3, 0.4) is 0 Å². The van der Waals surface area contributed by atoms with Crippen molar-refractivity contribution in [3.05, 3.63) is 121 Å². The Balaban J connectivity index is 1.55. The van der Waals surface area contributed by atoms with Crippen molar-refractivity contribution in [1.82, 2.24) is 0 Å². The largest absolute Gasteiger partial charge is 0.390 e. The molecule has 0 aliphatic heterocycles. The molecule has 0 aromatic heterocycles. The van der Waals surface area contributed by atoms with E-state index < -0.39 is 28.1 Å². The van der Waals surface area contributed by atoms with Crippen LogP contribution in [0.1, 0.15) is 0 Å². The predicted molar refractivity (Wildman–Crippen MR) is 140 cm³/mol. The topological polar surface area (TPSA) is 40.5 Å². The van der Waals surface area contributed by atoms with Gasteiger partial charge < -0.3 is 10.2 Å². The van der Waals surface area contributed by atoms with E-state index >= 15 is 0 Å². The third-order valence-electron chi connectivity index (χ3n) is 5.45. The molecular weight excluding hydrogens is 430 g/mol. The summed E-state index contributed by atoms with van der Waals surface area (Å²) < 4.78 is 0. The molecule has 4 rings (SSSR count). The Kier molecular flexibility index (Phi) is 8.21. The zero-order valence-electron chi connectivity index (χ0n) is 17.9. The first-order chi connectivity index (χ1) is 15.7. The molecule has 2 atom stereocenters. The van der Waals surface area contributed by atoms with Gasteiger partial charge in [0, 0.05) is 12.3 Å². The average Bonchev–Trinajstić information content (AvgIpc) is 2.87. The van der Waals surface area contributed by atoms with E-state index in [0.717, 1.165) is 0 Å². The minimum atomic E-state index is -0.793. The average molecular weight is 458 g/mol. The van der Waals surface area contributed by atoms with Crippen molar-refractivity contribution in [1.29, 1.82) is 0 Å². The quantitative estimate of drug-likeness (QED) is 0.373. The van der Waals surface area contributed by atoms with Gasteiger partial charge in [0.05, 0.1) is 12.2 Å². The third kappa shape index (κ3) is 5.91. The lowest BCUT2D eigenvalue weighted by Crippen LogP contribution is -2.35. The molecule has 0 aliphatic rings. The Bertz CT molecular complexity index is 892. The van der Waals surface area contributed by atoms with Gasteiger partial charge in [-0.1, -0.05) is 121 Å². The smallest absolute Gasteiger partial charge is 0.0847 e. The predicted octanol–water partition coefficient (Wildman–Crippen LogP) is 3.97. The molecule has 0 saturated carbocycles. The lowest BCUT2D eigenvalue weighted by Gasteiger charge is -2.28. The summed E-state index contributed by atoms with van der Waals surface area (Å²) in [4.78, 5) is 0. The van der Waals surface area contributed by atoms with Crippen LogP contribution >= 0.6 is 15.8 Å². The molecule has 0 aliphatic carbocycles. The van der Waals surface area contributed by atoms with Gasteiger partial charge in [0.1, 0.15) is 0 Å². The van der Waals surface area contributed by atoms with Crippen LogP contribution < -0.4 is 21.2 Å². The highest BCUT2D eigenvalue weighted by Gasteiger charge is 2.27. The van der Waals surface area contributed by atoms with Gasteiger partial charge in [-0.15, -0.1) is 0 Å². The molecule has 0 amide bonds. The van der Waals surface area contributed by atoms with E-state index in [1.807, 2.05) is 72.8 Å². The molecule has 0 saturated heterocycles. The highest BCUT2D eigenvalue weighted by Crippen LogP contribution is 2.38. The van der Waals surface area contributed by atoms with E-state index in [1.54, 1.807) is 0 Å². The summed E-state index contributed by atoms with van der Waals surface area (Å²) in [7, 11) is -1.52. The first-order valence-corrected chi connectivity index (χ1v) is 13.9. The van der Waals surface area contributed by atoms with Crippen LogP contribution in [0.2, 0.25) is 0 Å². The molecule has 2 nitrogen and oxygen atoms in total. The molecule has 0 bridgehead atoms. The highest BCUT2D eigenvalue weighted by atomic mass is 31.1. The summed E-state index contributed by atoms with van der Waals surface area (Å²) in [5.41, 5.74) is 0. The maximum absolute atomic E-state index is 11.1. The molecule has 4 aromatic rings. The fourth-order valence-electron chi connectivity index (χ4n) is 3.77. The molecule has 4 aromatic carbocycles. The van der Waals surface area contributed by atoms with Gasteiger partial charge in [0.25, 0.3) is 0 Å². The summed E-state index contributed by atoms with van der Waals surface area (Å²) in [5.74, 6) is 0. The Morgan fingerprint density at radius 1 is 0.406 bits per heavy atom. The SMILES string of the molecule is O[C@H](CP(c1ccccc1)c1ccccc1)[C@H](O)CP(c1ccccc1)c1ccccc1. The van der Waals surface area contributed by atoms with E-state index in [0.29, 0.717) is 12.3 Å². The zero-order valence-corrected chi connectivity index (χ0v) is 19.7. The first-order valence-electron chi connectivity index (χ1n) is 10.8. The Morgan fingerprint density at radius 2 is 0.625 bits per heavy atom. The molecule has 0 spiro atoms. The maximum atomic E-state index is 11.1. The van der Waals surface area contributed by atoms with Gasteiger partial charge in [0.15, 0.2) is 0 Å². The van der Waals surface area contributed by atoms with Crippen molar-refractivity contribution in [3.63, 3.8) is 0 Å². The summed E-state index contributed by atoms with van der Waals surface area (Å²) in [6.45, 7) is 0. The lowest BCUT2D eigenvalue weighted by atomic mass is 10.3. The maximum Gasteiger partial charge on any atom is 0.0847 e. The van der Waals surface area contributed by atoms with Crippen molar-refractivity contribution in [3.8, 4) is 0 Å². The highest BCUT2D eigenvalue weighted by molar-refractivity contribution is 7.73. The number of hydrogen-bond donors (Lipinski definition) is 2. The number of hydrogen-bond acceptors (Lipinski definition) is 2. The van der Waals surface area contributed by atoms with Crippen molar-refractivity contribution < 1.29 is 10.2 Å². The molecular formula is C28H28O2P2. The number of benzene rings is 4. The molecule has 4 heteroatoms. The first kappa shape index (κ1) is 22.8. The van der Waals surface area contributed by atoms with Gasteiger partial charge in [-0.25, -0.2) is 0 Å². The Morgan fingerprint density at radius 3 is 0.844 bits per heavy atom. The molecule has 0 radical (unpaired) electrons. The second-order valence-corrected chi connectivity index (χ2v) is 12.2. The minimum absolute atomic E-state index is 0.539. The number of rotatable bonds is 9. The van der Waals surface area contributed by atoms with Gasteiger partial charge in [0.2, 0.25) is 0 Å². The van der Waals surface area contributed by atoms with Crippen LogP contribution in [0, 0.1) is 0 Å².